The van der Waals surface area contributed by atoms with Gasteiger partial charge in [0.15, 0.2) is 0 Å². The van der Waals surface area contributed by atoms with Gasteiger partial charge in [-0.3, -0.25) is 0 Å². The highest BCUT2D eigenvalue weighted by Gasteiger charge is 2.38. The summed E-state index contributed by atoms with van der Waals surface area (Å²) in [4.78, 5) is 0. The number of hydrogen-bond acceptors (Lipinski definition) is 6. The van der Waals surface area contributed by atoms with Crippen LogP contribution in [-0.2, 0) is 12.7 Å². The van der Waals surface area contributed by atoms with E-state index in [-0.39, 0.29) is 42.7 Å². The maximum absolute atomic E-state index is 13.3. The molecule has 0 aliphatic carbocycles. The molecule has 1 aromatic heterocycles. The van der Waals surface area contributed by atoms with Crippen LogP contribution in [0.1, 0.15) is 37.2 Å². The number of nitrogens with one attached hydrogen (secondary N) is 2. The normalized spacial score (nSPS) is 19.3. The van der Waals surface area contributed by atoms with E-state index < -0.39 is 18.7 Å². The summed E-state index contributed by atoms with van der Waals surface area (Å²) in [5, 5.41) is 16.6. The van der Waals surface area contributed by atoms with Crippen LogP contribution in [0.2, 0.25) is 0 Å². The summed E-state index contributed by atoms with van der Waals surface area (Å²) in [6, 6.07) is 12.4. The minimum Gasteiger partial charge on any atom is -0.491 e. The molecule has 0 bridgehead atoms. The third kappa shape index (κ3) is 5.48. The van der Waals surface area contributed by atoms with Gasteiger partial charge in [-0.1, -0.05) is 30.3 Å². The van der Waals surface area contributed by atoms with E-state index in [1.165, 1.54) is 6.07 Å². The van der Waals surface area contributed by atoms with Crippen molar-refractivity contribution in [2.75, 3.05) is 19.8 Å². The Balaban J connectivity index is 1.63. The van der Waals surface area contributed by atoms with Gasteiger partial charge in [0.05, 0.1) is 7.06 Å². The van der Waals surface area contributed by atoms with Crippen molar-refractivity contribution in [3.63, 3.8) is 0 Å². The Morgan fingerprint density at radius 2 is 2.06 bits per heavy atom. The molecule has 0 unspecified atom stereocenters. The number of rotatable bonds is 8. The molecule has 3 aromatic rings. The molecule has 7 nitrogen and oxygen atoms in total. The number of halogens is 4. The van der Waals surface area contributed by atoms with Gasteiger partial charge in [-0.15, -0.1) is 5.10 Å². The summed E-state index contributed by atoms with van der Waals surface area (Å²) in [7, 11) is 0. The first-order chi connectivity index (χ1) is 16.4. The zero-order chi connectivity index (χ0) is 24.1. The van der Waals surface area contributed by atoms with E-state index in [0.717, 1.165) is 31.0 Å². The van der Waals surface area contributed by atoms with Crippen LogP contribution in [0.4, 0.5) is 17.6 Å². The van der Waals surface area contributed by atoms with E-state index in [2.05, 4.69) is 26.2 Å². The molecule has 2 aromatic carbocycles. The number of piperidine rings is 1. The Bertz CT molecular complexity index is 1090. The lowest BCUT2D eigenvalue weighted by atomic mass is 9.92. The molecule has 2 N–H and O–H groups in total. The standard InChI is InChI=1S/C22H24F4N6O/c23-10-12-33-19-9-8-17(32-21(22(24,25)26)29-30-31-32)13-16(19)14-28-18-7-4-11-27-20(18)15-5-2-1-3-6-15/h1-3,5-6,8-9,13,18,20,27-28H,4,7,10-12,14H2/t18-,20-/m0/s1/i9T. The van der Waals surface area contributed by atoms with Gasteiger partial charge in [-0.2, -0.15) is 17.9 Å². The van der Waals surface area contributed by atoms with Crippen LogP contribution in [0.15, 0.2) is 48.5 Å². The van der Waals surface area contributed by atoms with Gasteiger partial charge in [-0.25, -0.2) is 4.39 Å². The van der Waals surface area contributed by atoms with Crippen LogP contribution in [-0.4, -0.2) is 46.1 Å². The van der Waals surface area contributed by atoms with Crippen molar-refractivity contribution < 1.29 is 23.7 Å². The number of benzene rings is 2. The first-order valence-electron chi connectivity index (χ1n) is 11.1. The lowest BCUT2D eigenvalue weighted by molar-refractivity contribution is -0.146. The Kier molecular flexibility index (Phi) is 6.77. The van der Waals surface area contributed by atoms with Crippen LogP contribution < -0.4 is 15.4 Å². The first kappa shape index (κ1) is 21.8. The van der Waals surface area contributed by atoms with E-state index in [4.69, 9.17) is 6.11 Å². The summed E-state index contributed by atoms with van der Waals surface area (Å²) in [5.41, 5.74) is 1.50. The molecule has 0 spiro atoms. The third-order valence-electron chi connectivity index (χ3n) is 5.43. The average molecular weight is 466 g/mol. The van der Waals surface area contributed by atoms with Crippen LogP contribution in [0, 0.1) is 0 Å². The molecule has 1 aliphatic heterocycles. The highest BCUT2D eigenvalue weighted by atomic mass is 19.4. The van der Waals surface area contributed by atoms with Gasteiger partial charge in [0, 0.05) is 24.2 Å². The van der Waals surface area contributed by atoms with Crippen molar-refractivity contribution in [3.8, 4) is 11.4 Å². The van der Waals surface area contributed by atoms with Crippen LogP contribution in [0.25, 0.3) is 5.69 Å². The second kappa shape index (κ2) is 10.3. The first-order valence-corrected chi connectivity index (χ1v) is 10.6. The Morgan fingerprint density at radius 3 is 2.82 bits per heavy atom. The Hall–Kier alpha value is -3.05. The second-order valence-corrected chi connectivity index (χ2v) is 7.63. The molecular weight excluding hydrogens is 440 g/mol. The molecule has 33 heavy (non-hydrogen) atoms. The van der Waals surface area contributed by atoms with Crippen LogP contribution >= 0.6 is 0 Å². The fourth-order valence-corrected chi connectivity index (χ4v) is 3.94. The van der Waals surface area contributed by atoms with E-state index in [0.29, 0.717) is 10.2 Å². The smallest absolute Gasteiger partial charge is 0.453 e. The SMILES string of the molecule is [3H]c1cc(-n2nnnc2C(F)(F)F)cc(CN[C@H]2CCCN[C@H]2c2ccccc2)c1OCCF. The highest BCUT2D eigenvalue weighted by Crippen LogP contribution is 2.30. The highest BCUT2D eigenvalue weighted by molar-refractivity contribution is 5.44. The van der Waals surface area contributed by atoms with Crippen molar-refractivity contribution in [1.29, 1.82) is 0 Å². The minimum atomic E-state index is -4.77. The van der Waals surface area contributed by atoms with Gasteiger partial charge in [0.25, 0.3) is 5.82 Å². The lowest BCUT2D eigenvalue weighted by Gasteiger charge is -2.34. The quantitative estimate of drug-likeness (QED) is 0.494. The molecule has 2 heterocycles. The molecule has 1 saturated heterocycles. The predicted molar refractivity (Wildman–Crippen MR) is 113 cm³/mol. The fourth-order valence-electron chi connectivity index (χ4n) is 3.94. The molecule has 2 atom stereocenters. The number of nitrogens with zero attached hydrogens (tertiary/aromatic N) is 4. The maximum atomic E-state index is 13.3. The molecule has 0 saturated carbocycles. The minimum absolute atomic E-state index is 0.0294. The monoisotopic (exact) mass is 466 g/mol. The molecule has 0 amide bonds. The number of alkyl halides is 4. The average Bonchev–Trinajstić information content (AvgIpc) is 3.34. The van der Waals surface area contributed by atoms with Crippen molar-refractivity contribution in [2.45, 2.75) is 37.6 Å². The van der Waals surface area contributed by atoms with Gasteiger partial charge >= 0.3 is 6.18 Å². The van der Waals surface area contributed by atoms with Crippen molar-refractivity contribution >= 4 is 0 Å². The van der Waals surface area contributed by atoms with E-state index in [1.54, 1.807) is 0 Å². The van der Waals surface area contributed by atoms with E-state index in [1.807, 2.05) is 30.3 Å². The Morgan fingerprint density at radius 1 is 1.24 bits per heavy atom. The largest absolute Gasteiger partial charge is 0.491 e. The van der Waals surface area contributed by atoms with E-state index >= 15 is 0 Å². The van der Waals surface area contributed by atoms with Crippen LogP contribution in [0.3, 0.4) is 0 Å². The topological polar surface area (TPSA) is 76.9 Å². The van der Waals surface area contributed by atoms with Gasteiger partial charge in [-0.05, 0) is 53.6 Å². The fraction of sp³-hybridized carbons (Fsp3) is 0.409. The summed E-state index contributed by atoms with van der Waals surface area (Å²) in [6.45, 7) is 0.0331. The number of tetrazole rings is 1. The molecule has 0 radical (unpaired) electrons. The van der Waals surface area contributed by atoms with Crippen LogP contribution in [0.5, 0.6) is 5.75 Å². The van der Waals surface area contributed by atoms with Crippen molar-refractivity contribution in [2.24, 2.45) is 0 Å². The number of hydrogen-bond donors (Lipinski definition) is 2. The molecular formula is C22H24F4N6O. The molecule has 4 rings (SSSR count). The van der Waals surface area contributed by atoms with E-state index in [9.17, 15) is 17.6 Å². The number of aromatic nitrogens is 4. The molecule has 1 aliphatic rings. The molecule has 176 valence electrons. The van der Waals surface area contributed by atoms with Crippen molar-refractivity contribution in [1.82, 2.24) is 30.8 Å². The Labute approximate surface area is 189 Å². The van der Waals surface area contributed by atoms with Gasteiger partial charge < -0.3 is 15.4 Å². The molecule has 11 heteroatoms. The van der Waals surface area contributed by atoms with Gasteiger partial charge in [0.1, 0.15) is 19.0 Å². The third-order valence-corrected chi connectivity index (χ3v) is 5.43. The summed E-state index contributed by atoms with van der Waals surface area (Å²) in [6.07, 6.45) is -2.94. The summed E-state index contributed by atoms with van der Waals surface area (Å²) >= 11 is 0. The summed E-state index contributed by atoms with van der Waals surface area (Å²) in [5.74, 6) is -1.19. The maximum Gasteiger partial charge on any atom is 0.453 e. The summed E-state index contributed by atoms with van der Waals surface area (Å²) < 4.78 is 67.0. The zero-order valence-corrected chi connectivity index (χ0v) is 17.6. The molecule has 1 fully saturated rings. The lowest BCUT2D eigenvalue weighted by Crippen LogP contribution is -2.45. The number of ether oxygens (including phenoxy) is 1. The van der Waals surface area contributed by atoms with Gasteiger partial charge in [0.2, 0.25) is 0 Å². The predicted octanol–water partition coefficient (Wildman–Crippen LogP) is 3.61. The second-order valence-electron chi connectivity index (χ2n) is 7.63. The zero-order valence-electron chi connectivity index (χ0n) is 18.6. The van der Waals surface area contributed by atoms with Crippen molar-refractivity contribution in [3.05, 3.63) is 65.5 Å².